The number of amides is 1. The molecule has 1 amide bonds. The van der Waals surface area contributed by atoms with E-state index in [-0.39, 0.29) is 30.9 Å². The summed E-state index contributed by atoms with van der Waals surface area (Å²) in [6.07, 6.45) is 0.111. The normalized spacial score (nSPS) is 14.4. The molecule has 0 aromatic rings. The molecule has 4 N–H and O–H groups in total. The molecule has 0 rings (SSSR count). The topological polar surface area (TPSA) is 102 Å². The molecule has 17 heavy (non-hydrogen) atoms. The van der Waals surface area contributed by atoms with Crippen LogP contribution in [0.1, 0.15) is 26.7 Å². The molecule has 1 unspecified atom stereocenters. The molecular weight excluding hydrogens is 224 g/mol. The van der Waals surface area contributed by atoms with Gasteiger partial charge in [0.25, 0.3) is 0 Å². The lowest BCUT2D eigenvalue weighted by atomic mass is 10.0. The fraction of sp³-hybridized carbons (Fsp3) is 0.818. The number of methoxy groups -OCH3 is 1. The molecule has 6 heteroatoms. The summed E-state index contributed by atoms with van der Waals surface area (Å²) in [6.45, 7) is 4.03. The van der Waals surface area contributed by atoms with E-state index in [1.54, 1.807) is 0 Å². The standard InChI is InChI=1S/C11H22N2O4/c1-7(2)4-9(11(15)16)13-10(14)5-8(6-12)17-3/h7-9H,4-6,12H2,1-3H3,(H,13,14)(H,15,16)/t8?,9-/m1/s1. The van der Waals surface area contributed by atoms with Crippen molar-refractivity contribution < 1.29 is 19.4 Å². The average molecular weight is 246 g/mol. The number of carbonyl (C=O) groups is 2. The van der Waals surface area contributed by atoms with Gasteiger partial charge in [0, 0.05) is 13.7 Å². The molecule has 0 radical (unpaired) electrons. The predicted octanol–water partition coefficient (Wildman–Crippen LogP) is -0.0343. The monoisotopic (exact) mass is 246 g/mol. The van der Waals surface area contributed by atoms with Crippen molar-refractivity contribution in [3.05, 3.63) is 0 Å². The Morgan fingerprint density at radius 1 is 1.41 bits per heavy atom. The Bertz CT molecular complexity index is 252. The van der Waals surface area contributed by atoms with Crippen molar-refractivity contribution in [2.24, 2.45) is 11.7 Å². The number of carboxylic acid groups (broad SMARTS) is 1. The number of carboxylic acids is 1. The van der Waals surface area contributed by atoms with Gasteiger partial charge in [-0.15, -0.1) is 0 Å². The summed E-state index contributed by atoms with van der Waals surface area (Å²) in [7, 11) is 1.47. The summed E-state index contributed by atoms with van der Waals surface area (Å²) in [4.78, 5) is 22.5. The predicted molar refractivity (Wildman–Crippen MR) is 63.5 cm³/mol. The Kier molecular flexibility index (Phi) is 7.49. The van der Waals surface area contributed by atoms with Gasteiger partial charge in [-0.2, -0.15) is 0 Å². The van der Waals surface area contributed by atoms with E-state index in [4.69, 9.17) is 15.6 Å². The summed E-state index contributed by atoms with van der Waals surface area (Å²) < 4.78 is 4.96. The third-order valence-electron chi connectivity index (χ3n) is 2.35. The number of aliphatic carboxylic acids is 1. The van der Waals surface area contributed by atoms with Crippen LogP contribution in [-0.2, 0) is 14.3 Å². The highest BCUT2D eigenvalue weighted by molar-refractivity contribution is 5.83. The van der Waals surface area contributed by atoms with Gasteiger partial charge in [-0.1, -0.05) is 13.8 Å². The number of ether oxygens (including phenoxy) is 1. The Hall–Kier alpha value is -1.14. The van der Waals surface area contributed by atoms with Gasteiger partial charge in [0.1, 0.15) is 6.04 Å². The second-order valence-electron chi connectivity index (χ2n) is 4.39. The first kappa shape index (κ1) is 15.9. The summed E-state index contributed by atoms with van der Waals surface area (Å²) in [6, 6.07) is -0.849. The zero-order chi connectivity index (χ0) is 13.4. The van der Waals surface area contributed by atoms with E-state index in [1.807, 2.05) is 13.8 Å². The molecule has 0 saturated carbocycles. The summed E-state index contributed by atoms with van der Waals surface area (Å²) >= 11 is 0. The number of carbonyl (C=O) groups excluding carboxylic acids is 1. The van der Waals surface area contributed by atoms with Crippen molar-refractivity contribution in [2.75, 3.05) is 13.7 Å². The Balaban J connectivity index is 4.25. The van der Waals surface area contributed by atoms with Gasteiger partial charge in [-0.25, -0.2) is 4.79 Å². The maximum absolute atomic E-state index is 11.6. The molecule has 0 saturated heterocycles. The van der Waals surface area contributed by atoms with E-state index in [0.29, 0.717) is 6.42 Å². The van der Waals surface area contributed by atoms with Crippen LogP contribution in [0, 0.1) is 5.92 Å². The molecule has 0 bridgehead atoms. The molecule has 0 aliphatic rings. The molecule has 0 fully saturated rings. The van der Waals surface area contributed by atoms with Crippen LogP contribution in [0.15, 0.2) is 0 Å². The summed E-state index contributed by atoms with van der Waals surface area (Å²) in [5.41, 5.74) is 5.38. The molecule has 0 aliphatic carbocycles. The number of hydrogen-bond acceptors (Lipinski definition) is 4. The molecule has 2 atom stereocenters. The van der Waals surface area contributed by atoms with Crippen LogP contribution in [0.4, 0.5) is 0 Å². The molecule has 100 valence electrons. The zero-order valence-corrected chi connectivity index (χ0v) is 10.6. The Labute approximate surface area is 102 Å². The van der Waals surface area contributed by atoms with Crippen molar-refractivity contribution in [2.45, 2.75) is 38.8 Å². The third kappa shape index (κ3) is 6.91. The molecule has 0 aromatic carbocycles. The van der Waals surface area contributed by atoms with E-state index in [0.717, 1.165) is 0 Å². The zero-order valence-electron chi connectivity index (χ0n) is 10.6. The first-order chi connectivity index (χ1) is 7.90. The average Bonchev–Trinajstić information content (AvgIpc) is 2.24. The maximum Gasteiger partial charge on any atom is 0.326 e. The Morgan fingerprint density at radius 2 is 2.00 bits per heavy atom. The first-order valence-corrected chi connectivity index (χ1v) is 5.65. The highest BCUT2D eigenvalue weighted by atomic mass is 16.5. The number of rotatable bonds is 8. The second kappa shape index (κ2) is 8.03. The number of hydrogen-bond donors (Lipinski definition) is 3. The van der Waals surface area contributed by atoms with Crippen LogP contribution in [-0.4, -0.2) is 42.8 Å². The third-order valence-corrected chi connectivity index (χ3v) is 2.35. The number of nitrogens with one attached hydrogen (secondary N) is 1. The lowest BCUT2D eigenvalue weighted by molar-refractivity contribution is -0.142. The smallest absolute Gasteiger partial charge is 0.326 e. The van der Waals surface area contributed by atoms with Crippen LogP contribution in [0.2, 0.25) is 0 Å². The SMILES string of the molecule is COC(CN)CC(=O)N[C@H](CC(C)C)C(=O)O. The highest BCUT2D eigenvalue weighted by Gasteiger charge is 2.22. The van der Waals surface area contributed by atoms with Gasteiger partial charge in [0.05, 0.1) is 12.5 Å². The Morgan fingerprint density at radius 3 is 2.35 bits per heavy atom. The van der Waals surface area contributed by atoms with Gasteiger partial charge >= 0.3 is 5.97 Å². The van der Waals surface area contributed by atoms with Gasteiger partial charge in [-0.3, -0.25) is 4.79 Å². The van der Waals surface area contributed by atoms with Gasteiger partial charge in [-0.05, 0) is 12.3 Å². The van der Waals surface area contributed by atoms with Crippen molar-refractivity contribution in [3.63, 3.8) is 0 Å². The highest BCUT2D eigenvalue weighted by Crippen LogP contribution is 2.06. The summed E-state index contributed by atoms with van der Waals surface area (Å²) in [5.74, 6) is -1.17. The molecule has 0 aliphatic heterocycles. The fourth-order valence-corrected chi connectivity index (χ4v) is 1.42. The molecule has 6 nitrogen and oxygen atoms in total. The van der Waals surface area contributed by atoms with Crippen LogP contribution in [0.25, 0.3) is 0 Å². The second-order valence-corrected chi connectivity index (χ2v) is 4.39. The quantitative estimate of drug-likeness (QED) is 0.558. The first-order valence-electron chi connectivity index (χ1n) is 5.65. The summed E-state index contributed by atoms with van der Waals surface area (Å²) in [5, 5.41) is 11.4. The molecule has 0 spiro atoms. The van der Waals surface area contributed by atoms with Crippen LogP contribution in [0.5, 0.6) is 0 Å². The number of nitrogens with two attached hydrogens (primary N) is 1. The minimum atomic E-state index is -1.02. The lowest BCUT2D eigenvalue weighted by Gasteiger charge is -2.18. The van der Waals surface area contributed by atoms with Crippen LogP contribution < -0.4 is 11.1 Å². The maximum atomic E-state index is 11.6. The van der Waals surface area contributed by atoms with E-state index >= 15 is 0 Å². The van der Waals surface area contributed by atoms with Gasteiger partial charge in [0.15, 0.2) is 0 Å². The van der Waals surface area contributed by atoms with Crippen molar-refractivity contribution in [3.8, 4) is 0 Å². The lowest BCUT2D eigenvalue weighted by Crippen LogP contribution is -2.43. The largest absolute Gasteiger partial charge is 0.480 e. The minimum Gasteiger partial charge on any atom is -0.480 e. The van der Waals surface area contributed by atoms with Crippen molar-refractivity contribution in [1.29, 1.82) is 0 Å². The van der Waals surface area contributed by atoms with Crippen LogP contribution in [0.3, 0.4) is 0 Å². The van der Waals surface area contributed by atoms with E-state index < -0.39 is 12.0 Å². The molecular formula is C11H22N2O4. The van der Waals surface area contributed by atoms with Crippen LogP contribution >= 0.6 is 0 Å². The molecule has 0 aromatic heterocycles. The van der Waals surface area contributed by atoms with Crippen molar-refractivity contribution >= 4 is 11.9 Å². The van der Waals surface area contributed by atoms with Gasteiger partial charge < -0.3 is 20.9 Å². The van der Waals surface area contributed by atoms with Crippen molar-refractivity contribution in [1.82, 2.24) is 5.32 Å². The molecule has 0 heterocycles. The van der Waals surface area contributed by atoms with E-state index in [9.17, 15) is 9.59 Å². The fourth-order valence-electron chi connectivity index (χ4n) is 1.42. The minimum absolute atomic E-state index is 0.0782. The van der Waals surface area contributed by atoms with E-state index in [1.165, 1.54) is 7.11 Å². The van der Waals surface area contributed by atoms with Gasteiger partial charge in [0.2, 0.25) is 5.91 Å². The van der Waals surface area contributed by atoms with E-state index in [2.05, 4.69) is 5.32 Å².